The van der Waals surface area contributed by atoms with E-state index < -0.39 is 11.9 Å². The molecule has 124 valence electrons. The lowest BCUT2D eigenvalue weighted by Gasteiger charge is -2.13. The number of aliphatic hydroxyl groups is 1. The Balaban J connectivity index is 1.67. The lowest BCUT2D eigenvalue weighted by atomic mass is 10.1. The van der Waals surface area contributed by atoms with Gasteiger partial charge in [0.05, 0.1) is 11.8 Å². The Morgan fingerprint density at radius 3 is 2.83 bits per heavy atom. The summed E-state index contributed by atoms with van der Waals surface area (Å²) in [5.41, 5.74) is 3.07. The normalized spacial score (nSPS) is 12.3. The summed E-state index contributed by atoms with van der Waals surface area (Å²) in [4.78, 5) is 4.12. The van der Waals surface area contributed by atoms with Crippen LogP contribution in [0.25, 0.3) is 11.3 Å². The number of nitrogens with one attached hydrogen (secondary N) is 1. The van der Waals surface area contributed by atoms with Crippen LogP contribution < -0.4 is 5.32 Å². The van der Waals surface area contributed by atoms with Crippen molar-refractivity contribution in [2.24, 2.45) is 7.05 Å². The van der Waals surface area contributed by atoms with Gasteiger partial charge >= 0.3 is 0 Å². The molecule has 2 heterocycles. The molecule has 0 radical (unpaired) electrons. The monoisotopic (exact) mass is 326 g/mol. The standard InChI is InChI=1S/C18H19FN4O/c1-23-12-14(18(22-23)13-5-4-8-20-9-13)10-21-11-17(24)15-6-2-3-7-16(15)19/h2-9,12,17,21,24H,10-11H2,1H3/t17-/m1/s1. The minimum absolute atomic E-state index is 0.252. The summed E-state index contributed by atoms with van der Waals surface area (Å²) in [5, 5.41) is 17.8. The molecule has 2 aromatic heterocycles. The van der Waals surface area contributed by atoms with Crippen molar-refractivity contribution in [1.29, 1.82) is 0 Å². The Kier molecular flexibility index (Phi) is 4.98. The van der Waals surface area contributed by atoms with Gasteiger partial charge < -0.3 is 10.4 Å². The second kappa shape index (κ2) is 7.33. The van der Waals surface area contributed by atoms with E-state index in [-0.39, 0.29) is 6.54 Å². The van der Waals surface area contributed by atoms with E-state index in [9.17, 15) is 9.50 Å². The lowest BCUT2D eigenvalue weighted by molar-refractivity contribution is 0.169. The van der Waals surface area contributed by atoms with Gasteiger partial charge in [-0.1, -0.05) is 18.2 Å². The van der Waals surface area contributed by atoms with Crippen LogP contribution in [-0.4, -0.2) is 26.4 Å². The molecule has 5 nitrogen and oxygen atoms in total. The number of pyridine rings is 1. The van der Waals surface area contributed by atoms with Crippen LogP contribution >= 0.6 is 0 Å². The van der Waals surface area contributed by atoms with E-state index in [1.54, 1.807) is 35.3 Å². The molecule has 1 atom stereocenters. The van der Waals surface area contributed by atoms with Gasteiger partial charge in [-0.05, 0) is 18.2 Å². The van der Waals surface area contributed by atoms with Crippen LogP contribution in [0.2, 0.25) is 0 Å². The molecule has 3 rings (SSSR count). The maximum absolute atomic E-state index is 13.7. The molecule has 0 saturated heterocycles. The van der Waals surface area contributed by atoms with E-state index in [2.05, 4.69) is 15.4 Å². The maximum atomic E-state index is 13.7. The number of nitrogens with zero attached hydrogens (tertiary/aromatic N) is 3. The fourth-order valence-corrected chi connectivity index (χ4v) is 2.61. The molecule has 3 aromatic rings. The van der Waals surface area contributed by atoms with E-state index in [1.807, 2.05) is 25.4 Å². The molecule has 0 aliphatic rings. The Bertz CT molecular complexity index is 804. The zero-order valence-electron chi connectivity index (χ0n) is 13.4. The van der Waals surface area contributed by atoms with Crippen molar-refractivity contribution in [3.8, 4) is 11.3 Å². The van der Waals surface area contributed by atoms with Gasteiger partial charge in [-0.3, -0.25) is 9.67 Å². The fourth-order valence-electron chi connectivity index (χ4n) is 2.61. The van der Waals surface area contributed by atoms with Crippen molar-refractivity contribution in [2.75, 3.05) is 6.54 Å². The van der Waals surface area contributed by atoms with E-state index in [1.165, 1.54) is 6.07 Å². The van der Waals surface area contributed by atoms with Crippen LogP contribution in [-0.2, 0) is 13.6 Å². The lowest BCUT2D eigenvalue weighted by Crippen LogP contribution is -2.21. The van der Waals surface area contributed by atoms with Gasteiger partial charge in [0, 0.05) is 55.4 Å². The summed E-state index contributed by atoms with van der Waals surface area (Å²) < 4.78 is 15.4. The number of aromatic nitrogens is 3. The first-order valence-corrected chi connectivity index (χ1v) is 7.71. The maximum Gasteiger partial charge on any atom is 0.129 e. The average molecular weight is 326 g/mol. The van der Waals surface area contributed by atoms with E-state index >= 15 is 0 Å². The quantitative estimate of drug-likeness (QED) is 0.730. The average Bonchev–Trinajstić information content (AvgIpc) is 2.97. The van der Waals surface area contributed by atoms with Crippen LogP contribution in [0.5, 0.6) is 0 Å². The van der Waals surface area contributed by atoms with Gasteiger partial charge in [-0.2, -0.15) is 5.10 Å². The topological polar surface area (TPSA) is 63.0 Å². The zero-order valence-corrected chi connectivity index (χ0v) is 13.4. The minimum atomic E-state index is -0.898. The fraction of sp³-hybridized carbons (Fsp3) is 0.222. The first kappa shape index (κ1) is 16.3. The molecule has 0 saturated carbocycles. The SMILES string of the molecule is Cn1cc(CNC[C@@H](O)c2ccccc2F)c(-c2cccnc2)n1. The van der Waals surface area contributed by atoms with Crippen LogP contribution in [0, 0.1) is 5.82 Å². The van der Waals surface area contributed by atoms with Crippen molar-refractivity contribution >= 4 is 0 Å². The Morgan fingerprint density at radius 1 is 1.25 bits per heavy atom. The molecular formula is C18H19FN4O. The second-order valence-corrected chi connectivity index (χ2v) is 5.59. The highest BCUT2D eigenvalue weighted by Crippen LogP contribution is 2.21. The predicted octanol–water partition coefficient (Wildman–Crippen LogP) is 2.44. The molecule has 2 N–H and O–H groups in total. The van der Waals surface area contributed by atoms with Crippen molar-refractivity contribution in [1.82, 2.24) is 20.1 Å². The molecule has 0 amide bonds. The van der Waals surface area contributed by atoms with Gasteiger partial charge in [-0.15, -0.1) is 0 Å². The summed E-state index contributed by atoms with van der Waals surface area (Å²) in [6, 6.07) is 10.1. The van der Waals surface area contributed by atoms with Crippen LogP contribution in [0.3, 0.4) is 0 Å². The molecular weight excluding hydrogens is 307 g/mol. The summed E-state index contributed by atoms with van der Waals surface area (Å²) in [6.07, 6.45) is 4.50. The number of halogens is 1. The molecule has 0 unspecified atom stereocenters. The number of hydrogen-bond donors (Lipinski definition) is 2. The first-order valence-electron chi connectivity index (χ1n) is 7.71. The van der Waals surface area contributed by atoms with Crippen molar-refractivity contribution in [3.05, 3.63) is 71.9 Å². The summed E-state index contributed by atoms with van der Waals surface area (Å²) >= 11 is 0. The number of aliphatic hydroxyl groups excluding tert-OH is 1. The third kappa shape index (κ3) is 3.67. The van der Waals surface area contributed by atoms with Gasteiger partial charge in [0.1, 0.15) is 5.82 Å². The highest BCUT2D eigenvalue weighted by molar-refractivity contribution is 5.61. The Labute approximate surface area is 139 Å². The van der Waals surface area contributed by atoms with Crippen LogP contribution in [0.15, 0.2) is 55.0 Å². The molecule has 0 aliphatic carbocycles. The number of aryl methyl sites for hydroxylation is 1. The van der Waals surface area contributed by atoms with Crippen molar-refractivity contribution < 1.29 is 9.50 Å². The molecule has 1 aromatic carbocycles. The summed E-state index contributed by atoms with van der Waals surface area (Å²) in [6.45, 7) is 0.770. The number of benzene rings is 1. The Hall–Kier alpha value is -2.57. The van der Waals surface area contributed by atoms with Gasteiger partial charge in [0.25, 0.3) is 0 Å². The molecule has 0 spiro atoms. The summed E-state index contributed by atoms with van der Waals surface area (Å²) in [5.74, 6) is -0.399. The molecule has 0 fully saturated rings. The van der Waals surface area contributed by atoms with E-state index in [4.69, 9.17) is 0 Å². The molecule has 0 aliphatic heterocycles. The minimum Gasteiger partial charge on any atom is -0.387 e. The smallest absolute Gasteiger partial charge is 0.129 e. The summed E-state index contributed by atoms with van der Waals surface area (Å²) in [7, 11) is 1.86. The number of rotatable bonds is 6. The van der Waals surface area contributed by atoms with Crippen molar-refractivity contribution in [3.63, 3.8) is 0 Å². The third-order valence-electron chi connectivity index (χ3n) is 3.76. The third-order valence-corrected chi connectivity index (χ3v) is 3.76. The van der Waals surface area contributed by atoms with E-state index in [0.29, 0.717) is 12.1 Å². The largest absolute Gasteiger partial charge is 0.387 e. The van der Waals surface area contributed by atoms with Gasteiger partial charge in [-0.25, -0.2) is 4.39 Å². The van der Waals surface area contributed by atoms with Gasteiger partial charge in [0.2, 0.25) is 0 Å². The highest BCUT2D eigenvalue weighted by Gasteiger charge is 2.13. The first-order chi connectivity index (χ1) is 11.6. The van der Waals surface area contributed by atoms with Crippen LogP contribution in [0.4, 0.5) is 4.39 Å². The zero-order chi connectivity index (χ0) is 16.9. The van der Waals surface area contributed by atoms with E-state index in [0.717, 1.165) is 16.8 Å². The molecule has 0 bridgehead atoms. The van der Waals surface area contributed by atoms with Crippen molar-refractivity contribution in [2.45, 2.75) is 12.6 Å². The molecule has 6 heteroatoms. The molecule has 24 heavy (non-hydrogen) atoms. The predicted molar refractivity (Wildman–Crippen MR) is 89.5 cm³/mol. The number of hydrogen-bond acceptors (Lipinski definition) is 4. The highest BCUT2D eigenvalue weighted by atomic mass is 19.1. The second-order valence-electron chi connectivity index (χ2n) is 5.59. The van der Waals surface area contributed by atoms with Crippen LogP contribution in [0.1, 0.15) is 17.2 Å². The Morgan fingerprint density at radius 2 is 2.08 bits per heavy atom. The van der Waals surface area contributed by atoms with Gasteiger partial charge in [0.15, 0.2) is 0 Å².